The summed E-state index contributed by atoms with van der Waals surface area (Å²) in [6, 6.07) is 11.6. The van der Waals surface area contributed by atoms with Gasteiger partial charge < -0.3 is 10.1 Å². The van der Waals surface area contributed by atoms with E-state index in [2.05, 4.69) is 26.2 Å². The number of nitrogens with one attached hydrogen (secondary N) is 1. The molecule has 0 unspecified atom stereocenters. The molecular formula is C15H14BrN3O2. The van der Waals surface area contributed by atoms with Gasteiger partial charge in [0, 0.05) is 22.0 Å². The number of nitrogens with zero attached hydrogens (tertiary/aromatic N) is 2. The first kappa shape index (κ1) is 13.9. The average molecular weight is 348 g/mol. The highest BCUT2D eigenvalue weighted by Crippen LogP contribution is 2.22. The Morgan fingerprint density at radius 3 is 2.95 bits per heavy atom. The number of rotatable bonds is 4. The van der Waals surface area contributed by atoms with E-state index in [-0.39, 0.29) is 6.09 Å². The molecule has 5 nitrogen and oxygen atoms in total. The highest BCUT2D eigenvalue weighted by Gasteiger charge is 2.23. The lowest BCUT2D eigenvalue weighted by Crippen LogP contribution is -2.23. The Bertz CT molecular complexity index is 646. The van der Waals surface area contributed by atoms with Crippen LogP contribution < -0.4 is 10.2 Å². The second kappa shape index (κ2) is 6.13. The molecule has 1 saturated heterocycles. The summed E-state index contributed by atoms with van der Waals surface area (Å²) in [7, 11) is 0. The summed E-state index contributed by atoms with van der Waals surface area (Å²) < 4.78 is 5.91. The molecule has 1 aromatic carbocycles. The van der Waals surface area contributed by atoms with Gasteiger partial charge in [0.1, 0.15) is 6.61 Å². The first-order valence-electron chi connectivity index (χ1n) is 6.61. The molecule has 108 valence electrons. The van der Waals surface area contributed by atoms with E-state index in [0.717, 1.165) is 21.5 Å². The Balaban J connectivity index is 1.68. The lowest BCUT2D eigenvalue weighted by atomic mass is 10.2. The highest BCUT2D eigenvalue weighted by molar-refractivity contribution is 9.10. The third kappa shape index (κ3) is 3.33. The van der Waals surface area contributed by atoms with Crippen LogP contribution in [0.25, 0.3) is 0 Å². The van der Waals surface area contributed by atoms with E-state index in [1.165, 1.54) is 0 Å². The van der Waals surface area contributed by atoms with Gasteiger partial charge >= 0.3 is 6.09 Å². The number of amides is 1. The second-order valence-corrected chi connectivity index (χ2v) is 5.55. The molecule has 0 bridgehead atoms. The molecule has 1 fully saturated rings. The van der Waals surface area contributed by atoms with Crippen LogP contribution in [-0.2, 0) is 11.3 Å². The van der Waals surface area contributed by atoms with E-state index < -0.39 is 0 Å². The lowest BCUT2D eigenvalue weighted by Gasteiger charge is -2.14. The molecule has 6 heteroatoms. The maximum atomic E-state index is 11.6. The van der Waals surface area contributed by atoms with Crippen molar-refractivity contribution in [1.82, 2.24) is 4.98 Å². The van der Waals surface area contributed by atoms with Crippen molar-refractivity contribution in [1.29, 1.82) is 0 Å². The summed E-state index contributed by atoms with van der Waals surface area (Å²) >= 11 is 3.36. The summed E-state index contributed by atoms with van der Waals surface area (Å²) in [5, 5.41) is 3.30. The zero-order valence-electron chi connectivity index (χ0n) is 11.3. The van der Waals surface area contributed by atoms with Gasteiger partial charge in [-0.25, -0.2) is 4.79 Å². The van der Waals surface area contributed by atoms with Crippen molar-refractivity contribution in [2.24, 2.45) is 0 Å². The van der Waals surface area contributed by atoms with Gasteiger partial charge in [-0.05, 0) is 46.3 Å². The van der Waals surface area contributed by atoms with Gasteiger partial charge in [-0.2, -0.15) is 0 Å². The number of hydrogen-bond donors (Lipinski definition) is 1. The largest absolute Gasteiger partial charge is 0.447 e. The van der Waals surface area contributed by atoms with Gasteiger partial charge in [-0.3, -0.25) is 9.88 Å². The number of anilines is 2. The molecule has 0 saturated carbocycles. The minimum Gasteiger partial charge on any atom is -0.447 e. The number of hydrogen-bond acceptors (Lipinski definition) is 4. The summed E-state index contributed by atoms with van der Waals surface area (Å²) in [6.07, 6.45) is 1.48. The van der Waals surface area contributed by atoms with Gasteiger partial charge in [0.2, 0.25) is 0 Å². The number of benzene rings is 1. The molecule has 2 aromatic rings. The third-order valence-corrected chi connectivity index (χ3v) is 3.65. The van der Waals surface area contributed by atoms with E-state index in [0.29, 0.717) is 19.7 Å². The van der Waals surface area contributed by atoms with Crippen LogP contribution in [0.3, 0.4) is 0 Å². The first-order chi connectivity index (χ1) is 10.2. The van der Waals surface area contributed by atoms with Crippen molar-refractivity contribution >= 4 is 33.4 Å². The third-order valence-electron chi connectivity index (χ3n) is 3.18. The quantitative estimate of drug-likeness (QED) is 0.920. The van der Waals surface area contributed by atoms with E-state index in [9.17, 15) is 4.79 Å². The SMILES string of the molecule is O=C1OCCN1c1cccc(NCc2ccc(Br)cn2)c1. The molecule has 0 radical (unpaired) electrons. The van der Waals surface area contributed by atoms with Crippen molar-refractivity contribution in [2.45, 2.75) is 6.54 Å². The Kier molecular flexibility index (Phi) is 4.06. The number of cyclic esters (lactones) is 1. The number of aromatic nitrogens is 1. The van der Waals surface area contributed by atoms with E-state index in [4.69, 9.17) is 4.74 Å². The molecule has 1 aliphatic rings. The fourth-order valence-electron chi connectivity index (χ4n) is 2.12. The minimum absolute atomic E-state index is 0.290. The van der Waals surface area contributed by atoms with Crippen molar-refractivity contribution in [3.8, 4) is 0 Å². The highest BCUT2D eigenvalue weighted by atomic mass is 79.9. The minimum atomic E-state index is -0.290. The maximum Gasteiger partial charge on any atom is 0.414 e. The maximum absolute atomic E-state index is 11.6. The van der Waals surface area contributed by atoms with Crippen LogP contribution in [0.4, 0.5) is 16.2 Å². The monoisotopic (exact) mass is 347 g/mol. The predicted molar refractivity (Wildman–Crippen MR) is 84.4 cm³/mol. The molecule has 3 rings (SSSR count). The number of carbonyl (C=O) groups is 1. The molecule has 0 atom stereocenters. The molecule has 0 aliphatic carbocycles. The van der Waals surface area contributed by atoms with Gasteiger partial charge in [0.25, 0.3) is 0 Å². The molecule has 1 aromatic heterocycles. The standard InChI is InChI=1S/C15H14BrN3O2/c16-11-4-5-13(17-9-11)10-18-12-2-1-3-14(8-12)19-6-7-21-15(19)20/h1-5,8-9,18H,6-7,10H2. The van der Waals surface area contributed by atoms with Crippen LogP contribution in [0.5, 0.6) is 0 Å². The summed E-state index contributed by atoms with van der Waals surface area (Å²) in [6.45, 7) is 1.66. The zero-order valence-corrected chi connectivity index (χ0v) is 12.8. The van der Waals surface area contributed by atoms with Gasteiger partial charge in [0.15, 0.2) is 0 Å². The van der Waals surface area contributed by atoms with Gasteiger partial charge in [-0.1, -0.05) is 6.07 Å². The van der Waals surface area contributed by atoms with Crippen LogP contribution in [0.15, 0.2) is 47.1 Å². The van der Waals surface area contributed by atoms with Crippen LogP contribution >= 0.6 is 15.9 Å². The number of halogens is 1. The Morgan fingerprint density at radius 1 is 1.33 bits per heavy atom. The molecule has 21 heavy (non-hydrogen) atoms. The van der Waals surface area contributed by atoms with Crippen molar-refractivity contribution in [2.75, 3.05) is 23.4 Å². The molecule has 0 spiro atoms. The fourth-order valence-corrected chi connectivity index (χ4v) is 2.35. The topological polar surface area (TPSA) is 54.5 Å². The summed E-state index contributed by atoms with van der Waals surface area (Å²) in [4.78, 5) is 17.5. The molecular weight excluding hydrogens is 334 g/mol. The molecule has 1 amide bonds. The summed E-state index contributed by atoms with van der Waals surface area (Å²) in [5.41, 5.74) is 2.73. The molecule has 1 N–H and O–H groups in total. The van der Waals surface area contributed by atoms with E-state index in [1.54, 1.807) is 11.1 Å². The van der Waals surface area contributed by atoms with Crippen LogP contribution in [0.2, 0.25) is 0 Å². The summed E-state index contributed by atoms with van der Waals surface area (Å²) in [5.74, 6) is 0. The van der Waals surface area contributed by atoms with Crippen molar-refractivity contribution < 1.29 is 9.53 Å². The number of pyridine rings is 1. The predicted octanol–water partition coefficient (Wildman–Crippen LogP) is 3.41. The smallest absolute Gasteiger partial charge is 0.414 e. The average Bonchev–Trinajstić information content (AvgIpc) is 2.93. The first-order valence-corrected chi connectivity index (χ1v) is 7.40. The normalized spacial score (nSPS) is 14.1. The lowest BCUT2D eigenvalue weighted by molar-refractivity contribution is 0.181. The second-order valence-electron chi connectivity index (χ2n) is 4.64. The zero-order chi connectivity index (χ0) is 14.7. The van der Waals surface area contributed by atoms with Crippen LogP contribution in [0.1, 0.15) is 5.69 Å². The van der Waals surface area contributed by atoms with Crippen molar-refractivity contribution in [3.63, 3.8) is 0 Å². The van der Waals surface area contributed by atoms with Crippen LogP contribution in [0, 0.1) is 0 Å². The van der Waals surface area contributed by atoms with Gasteiger partial charge in [-0.15, -0.1) is 0 Å². The molecule has 1 aliphatic heterocycles. The molecule has 2 heterocycles. The van der Waals surface area contributed by atoms with E-state index in [1.807, 2.05) is 36.4 Å². The van der Waals surface area contributed by atoms with Crippen LogP contribution in [-0.4, -0.2) is 24.2 Å². The fraction of sp³-hybridized carbons (Fsp3) is 0.200. The number of ether oxygens (including phenoxy) is 1. The Morgan fingerprint density at radius 2 is 2.24 bits per heavy atom. The van der Waals surface area contributed by atoms with Crippen molar-refractivity contribution in [3.05, 3.63) is 52.8 Å². The van der Waals surface area contributed by atoms with E-state index >= 15 is 0 Å². The Labute approximate surface area is 131 Å². The Hall–Kier alpha value is -2.08. The number of carbonyl (C=O) groups excluding carboxylic acids is 1. The van der Waals surface area contributed by atoms with Gasteiger partial charge in [0.05, 0.1) is 18.8 Å².